The van der Waals surface area contributed by atoms with Crippen LogP contribution in [0.15, 0.2) is 24.3 Å². The number of para-hydroxylation sites is 2. The normalized spacial score (nSPS) is 21.8. The molecule has 1 aliphatic carbocycles. The first kappa shape index (κ1) is 17.1. The molecule has 0 bridgehead atoms. The minimum absolute atomic E-state index is 0.0196. The van der Waals surface area contributed by atoms with E-state index in [2.05, 4.69) is 0 Å². The van der Waals surface area contributed by atoms with Gasteiger partial charge in [-0.3, -0.25) is 9.10 Å². The summed E-state index contributed by atoms with van der Waals surface area (Å²) < 4.78 is 31.4. The van der Waals surface area contributed by atoms with Gasteiger partial charge in [-0.2, -0.15) is 0 Å². The maximum Gasteiger partial charge on any atom is 0.265 e. The standard InChI is InChI=1S/C17H24N2O4S/c1-18(13-8-4-3-5-9-13)17(20)16-12-19(24(2,21)22)14-10-6-7-11-15(14)23-16/h6-7,10-11,13,16H,3-5,8-9,12H2,1-2H3/t16-/m1/s1. The smallest absolute Gasteiger partial charge is 0.265 e. The van der Waals surface area contributed by atoms with Crippen LogP contribution >= 0.6 is 0 Å². The summed E-state index contributed by atoms with van der Waals surface area (Å²) in [6.07, 6.45) is 5.83. The highest BCUT2D eigenvalue weighted by molar-refractivity contribution is 7.92. The minimum Gasteiger partial charge on any atom is -0.476 e. The van der Waals surface area contributed by atoms with Crippen molar-refractivity contribution >= 4 is 21.6 Å². The van der Waals surface area contributed by atoms with Crippen molar-refractivity contribution in [3.8, 4) is 5.75 Å². The molecule has 0 unspecified atom stereocenters. The predicted molar refractivity (Wildman–Crippen MR) is 92.7 cm³/mol. The number of rotatable bonds is 3. The number of ether oxygens (including phenoxy) is 1. The number of carbonyl (C=O) groups is 1. The van der Waals surface area contributed by atoms with Crippen LogP contribution in [-0.2, 0) is 14.8 Å². The summed E-state index contributed by atoms with van der Waals surface area (Å²) in [7, 11) is -1.68. The van der Waals surface area contributed by atoms with Gasteiger partial charge < -0.3 is 9.64 Å². The second kappa shape index (κ2) is 6.63. The Morgan fingerprint density at radius 1 is 1.21 bits per heavy atom. The molecule has 0 radical (unpaired) electrons. The van der Waals surface area contributed by atoms with Crippen LogP contribution in [0, 0.1) is 0 Å². The van der Waals surface area contributed by atoms with E-state index in [1.807, 2.05) is 0 Å². The summed E-state index contributed by atoms with van der Waals surface area (Å²) in [5.41, 5.74) is 0.490. The predicted octanol–water partition coefficient (Wildman–Crippen LogP) is 2.00. The van der Waals surface area contributed by atoms with Gasteiger partial charge in [0.15, 0.2) is 6.10 Å². The van der Waals surface area contributed by atoms with Gasteiger partial charge in [0.2, 0.25) is 10.0 Å². The van der Waals surface area contributed by atoms with Crippen LogP contribution in [0.2, 0.25) is 0 Å². The first-order chi connectivity index (χ1) is 11.4. The summed E-state index contributed by atoms with van der Waals surface area (Å²) in [5.74, 6) is 0.287. The molecule has 1 aliphatic heterocycles. The summed E-state index contributed by atoms with van der Waals surface area (Å²) in [5, 5.41) is 0. The van der Waals surface area contributed by atoms with Crippen molar-refractivity contribution in [3.05, 3.63) is 24.3 Å². The van der Waals surface area contributed by atoms with E-state index in [0.29, 0.717) is 11.4 Å². The lowest BCUT2D eigenvalue weighted by Gasteiger charge is -2.38. The number of benzene rings is 1. The number of fused-ring (bicyclic) bond motifs is 1. The van der Waals surface area contributed by atoms with Crippen LogP contribution in [0.3, 0.4) is 0 Å². The number of amides is 1. The zero-order valence-corrected chi connectivity index (χ0v) is 15.0. The first-order valence-electron chi connectivity index (χ1n) is 8.38. The molecule has 132 valence electrons. The molecule has 1 fully saturated rings. The van der Waals surface area contributed by atoms with E-state index in [1.54, 1.807) is 36.2 Å². The van der Waals surface area contributed by atoms with Crippen molar-refractivity contribution in [2.24, 2.45) is 0 Å². The Morgan fingerprint density at radius 3 is 2.54 bits per heavy atom. The zero-order valence-electron chi connectivity index (χ0n) is 14.1. The molecule has 1 saturated carbocycles. The van der Waals surface area contributed by atoms with Crippen molar-refractivity contribution in [1.29, 1.82) is 0 Å². The molecule has 1 amide bonds. The monoisotopic (exact) mass is 352 g/mol. The van der Waals surface area contributed by atoms with Gasteiger partial charge in [0.1, 0.15) is 5.75 Å². The third-order valence-corrected chi connectivity index (χ3v) is 6.03. The number of nitrogens with zero attached hydrogens (tertiary/aromatic N) is 2. The number of likely N-dealkylation sites (N-methyl/N-ethyl adjacent to an activating group) is 1. The Bertz CT molecular complexity index is 713. The average molecular weight is 352 g/mol. The minimum atomic E-state index is -3.47. The van der Waals surface area contributed by atoms with Crippen molar-refractivity contribution in [3.63, 3.8) is 0 Å². The highest BCUT2D eigenvalue weighted by Gasteiger charge is 2.37. The molecule has 0 N–H and O–H groups in total. The highest BCUT2D eigenvalue weighted by Crippen LogP contribution is 2.35. The molecule has 1 heterocycles. The van der Waals surface area contributed by atoms with E-state index in [-0.39, 0.29) is 18.5 Å². The molecule has 3 rings (SSSR count). The Morgan fingerprint density at radius 2 is 1.88 bits per heavy atom. The third kappa shape index (κ3) is 3.36. The fourth-order valence-electron chi connectivity index (χ4n) is 3.52. The van der Waals surface area contributed by atoms with Crippen LogP contribution in [0.25, 0.3) is 0 Å². The van der Waals surface area contributed by atoms with Crippen molar-refractivity contribution in [2.75, 3.05) is 24.2 Å². The molecule has 24 heavy (non-hydrogen) atoms. The molecular formula is C17H24N2O4S. The summed E-state index contributed by atoms with van der Waals surface area (Å²) in [4.78, 5) is 14.6. The van der Waals surface area contributed by atoms with Gasteiger partial charge in [-0.25, -0.2) is 8.42 Å². The quantitative estimate of drug-likeness (QED) is 0.834. The Kier molecular flexibility index (Phi) is 4.71. The van der Waals surface area contributed by atoms with Crippen LogP contribution in [0.1, 0.15) is 32.1 Å². The van der Waals surface area contributed by atoms with Gasteiger partial charge in [-0.05, 0) is 25.0 Å². The SMILES string of the molecule is CN(C(=O)[C@H]1CN(S(C)(=O)=O)c2ccccc2O1)C1CCCCC1. The topological polar surface area (TPSA) is 66.9 Å². The Balaban J connectivity index is 1.83. The average Bonchev–Trinajstić information content (AvgIpc) is 2.59. The number of hydrogen-bond donors (Lipinski definition) is 0. The van der Waals surface area contributed by atoms with Gasteiger partial charge in [-0.1, -0.05) is 31.4 Å². The molecule has 0 aromatic heterocycles. The van der Waals surface area contributed by atoms with Gasteiger partial charge >= 0.3 is 0 Å². The summed E-state index contributed by atoms with van der Waals surface area (Å²) in [6, 6.07) is 7.15. The molecular weight excluding hydrogens is 328 g/mol. The third-order valence-electron chi connectivity index (χ3n) is 4.88. The second-order valence-corrected chi connectivity index (χ2v) is 8.52. The van der Waals surface area contributed by atoms with E-state index >= 15 is 0 Å². The van der Waals surface area contributed by atoms with E-state index < -0.39 is 16.1 Å². The maximum atomic E-state index is 12.9. The maximum absolute atomic E-state index is 12.9. The largest absolute Gasteiger partial charge is 0.476 e. The van der Waals surface area contributed by atoms with Crippen LogP contribution in [0.4, 0.5) is 5.69 Å². The van der Waals surface area contributed by atoms with E-state index in [9.17, 15) is 13.2 Å². The van der Waals surface area contributed by atoms with E-state index in [4.69, 9.17) is 4.74 Å². The van der Waals surface area contributed by atoms with Crippen molar-refractivity contribution in [1.82, 2.24) is 4.90 Å². The number of anilines is 1. The molecule has 0 spiro atoms. The lowest BCUT2D eigenvalue weighted by Crippen LogP contribution is -2.53. The molecule has 1 atom stereocenters. The number of sulfonamides is 1. The lowest BCUT2D eigenvalue weighted by molar-refractivity contribution is -0.139. The van der Waals surface area contributed by atoms with Gasteiger partial charge in [-0.15, -0.1) is 0 Å². The van der Waals surface area contributed by atoms with Gasteiger partial charge in [0.25, 0.3) is 5.91 Å². The number of hydrogen-bond acceptors (Lipinski definition) is 4. The van der Waals surface area contributed by atoms with E-state index in [1.165, 1.54) is 10.7 Å². The van der Waals surface area contributed by atoms with Gasteiger partial charge in [0, 0.05) is 13.1 Å². The molecule has 0 saturated heterocycles. The van der Waals surface area contributed by atoms with Crippen molar-refractivity contribution in [2.45, 2.75) is 44.2 Å². The fourth-order valence-corrected chi connectivity index (χ4v) is 4.43. The van der Waals surface area contributed by atoms with Gasteiger partial charge in [0.05, 0.1) is 18.5 Å². The zero-order chi connectivity index (χ0) is 17.3. The highest BCUT2D eigenvalue weighted by atomic mass is 32.2. The molecule has 2 aliphatic rings. The molecule has 6 nitrogen and oxygen atoms in total. The Hall–Kier alpha value is -1.76. The second-order valence-electron chi connectivity index (χ2n) is 6.61. The molecule has 1 aromatic rings. The summed E-state index contributed by atoms with van der Waals surface area (Å²) in [6.45, 7) is 0.0196. The molecule has 1 aromatic carbocycles. The van der Waals surface area contributed by atoms with Crippen LogP contribution in [-0.4, -0.2) is 51.2 Å². The van der Waals surface area contributed by atoms with Crippen LogP contribution in [0.5, 0.6) is 5.75 Å². The number of carbonyl (C=O) groups excluding carboxylic acids is 1. The fraction of sp³-hybridized carbons (Fsp3) is 0.588. The van der Waals surface area contributed by atoms with E-state index in [0.717, 1.165) is 31.9 Å². The summed E-state index contributed by atoms with van der Waals surface area (Å²) >= 11 is 0. The first-order valence-corrected chi connectivity index (χ1v) is 10.2. The lowest BCUT2D eigenvalue weighted by atomic mass is 9.94. The van der Waals surface area contributed by atoms with Crippen molar-refractivity contribution < 1.29 is 17.9 Å². The molecule has 7 heteroatoms. The Labute approximate surface area is 143 Å². The van der Waals surface area contributed by atoms with Crippen LogP contribution < -0.4 is 9.04 Å².